The van der Waals surface area contributed by atoms with Gasteiger partial charge in [-0.1, -0.05) is 35.5 Å². The molecule has 1 aromatic heterocycles. The fraction of sp³-hybridized carbons (Fsp3) is 0.158. The third kappa shape index (κ3) is 3.80. The van der Waals surface area contributed by atoms with Crippen LogP contribution in [0, 0.1) is 6.92 Å². The molecule has 6 nitrogen and oxygen atoms in total. The number of hydrogen-bond acceptors (Lipinski definition) is 5. The molecule has 3 rings (SSSR count). The van der Waals surface area contributed by atoms with Gasteiger partial charge in [-0.25, -0.2) is 4.79 Å². The van der Waals surface area contributed by atoms with Crippen molar-refractivity contribution >= 4 is 11.8 Å². The lowest BCUT2D eigenvalue weighted by atomic mass is 10.1. The Kier molecular flexibility index (Phi) is 4.70. The first-order valence-electron chi connectivity index (χ1n) is 7.83. The highest BCUT2D eigenvalue weighted by Gasteiger charge is 2.19. The van der Waals surface area contributed by atoms with Crippen LogP contribution in [0.2, 0.25) is 0 Å². The van der Waals surface area contributed by atoms with E-state index in [0.29, 0.717) is 22.7 Å². The molecule has 0 saturated heterocycles. The van der Waals surface area contributed by atoms with E-state index in [1.165, 1.54) is 12.1 Å². The number of benzene rings is 2. The molecule has 2 aromatic carbocycles. The van der Waals surface area contributed by atoms with Crippen LogP contribution in [-0.2, 0) is 4.74 Å². The van der Waals surface area contributed by atoms with Crippen LogP contribution in [0.15, 0.2) is 59.1 Å². The summed E-state index contributed by atoms with van der Waals surface area (Å²) in [7, 11) is 0. The molecule has 0 bridgehead atoms. The second kappa shape index (κ2) is 7.09. The summed E-state index contributed by atoms with van der Waals surface area (Å²) >= 11 is 0. The van der Waals surface area contributed by atoms with Gasteiger partial charge >= 0.3 is 6.09 Å². The Morgan fingerprint density at radius 1 is 1.16 bits per heavy atom. The first kappa shape index (κ1) is 16.6. The van der Waals surface area contributed by atoms with Crippen LogP contribution in [0.1, 0.15) is 24.3 Å². The van der Waals surface area contributed by atoms with Crippen LogP contribution in [-0.4, -0.2) is 16.4 Å². The second-order valence-electron chi connectivity index (χ2n) is 5.60. The number of phenolic OH excluding ortho intramolecular Hbond substituents is 1. The van der Waals surface area contributed by atoms with Crippen LogP contribution in [0.5, 0.6) is 5.75 Å². The number of hydrogen-bond donors (Lipinski definition) is 2. The number of phenols is 1. The zero-order valence-electron chi connectivity index (χ0n) is 13.9. The van der Waals surface area contributed by atoms with Gasteiger partial charge in [-0.3, -0.25) is 5.32 Å². The maximum atomic E-state index is 12.2. The Bertz CT molecular complexity index is 857. The van der Waals surface area contributed by atoms with Crippen molar-refractivity contribution in [3.8, 4) is 17.1 Å². The number of nitrogens with one attached hydrogen (secondary N) is 1. The Morgan fingerprint density at radius 2 is 1.84 bits per heavy atom. The monoisotopic (exact) mass is 338 g/mol. The van der Waals surface area contributed by atoms with Gasteiger partial charge in [-0.15, -0.1) is 0 Å². The smallest absolute Gasteiger partial charge is 0.412 e. The summed E-state index contributed by atoms with van der Waals surface area (Å²) in [6, 6.07) is 15.9. The lowest BCUT2D eigenvalue weighted by Gasteiger charge is -2.14. The van der Waals surface area contributed by atoms with Gasteiger partial charge in [0.1, 0.15) is 23.2 Å². The van der Waals surface area contributed by atoms with Gasteiger partial charge in [-0.2, -0.15) is 0 Å². The normalized spacial score (nSPS) is 11.8. The molecule has 0 fully saturated rings. The van der Waals surface area contributed by atoms with Gasteiger partial charge in [-0.05, 0) is 43.7 Å². The number of aromatic nitrogens is 1. The summed E-state index contributed by atoms with van der Waals surface area (Å²) in [6.07, 6.45) is -0.985. The topological polar surface area (TPSA) is 84.6 Å². The van der Waals surface area contributed by atoms with E-state index < -0.39 is 12.2 Å². The average molecular weight is 338 g/mol. The second-order valence-corrected chi connectivity index (χ2v) is 5.60. The van der Waals surface area contributed by atoms with Gasteiger partial charge in [0.2, 0.25) is 0 Å². The van der Waals surface area contributed by atoms with Crippen LogP contribution in [0.25, 0.3) is 11.3 Å². The maximum Gasteiger partial charge on any atom is 0.412 e. The number of aromatic hydroxyl groups is 1. The van der Waals surface area contributed by atoms with E-state index in [4.69, 9.17) is 9.26 Å². The molecule has 0 aliphatic heterocycles. The molecule has 2 N–H and O–H groups in total. The van der Waals surface area contributed by atoms with Crippen LogP contribution < -0.4 is 5.32 Å². The van der Waals surface area contributed by atoms with E-state index in [1.807, 2.05) is 30.3 Å². The first-order chi connectivity index (χ1) is 12.0. The van der Waals surface area contributed by atoms with Crippen LogP contribution in [0.4, 0.5) is 10.5 Å². The number of anilines is 1. The number of rotatable bonds is 4. The molecule has 6 heteroatoms. The summed E-state index contributed by atoms with van der Waals surface area (Å²) in [6.45, 7) is 3.53. The summed E-state index contributed by atoms with van der Waals surface area (Å²) in [5, 5.41) is 16.0. The number of carbonyl (C=O) groups is 1. The predicted molar refractivity (Wildman–Crippen MR) is 93.3 cm³/mol. The standard InChI is InChI=1S/C19H18N2O4/c1-12-17(18(25-21-12)15-8-10-16(22)11-9-15)20-19(23)24-13(2)14-6-4-3-5-7-14/h3-11,13,22H,1-2H3,(H,20,23)/t13-/m1/s1. The molecule has 0 saturated carbocycles. The third-order valence-corrected chi connectivity index (χ3v) is 3.77. The van der Waals surface area contributed by atoms with Gasteiger partial charge in [0.15, 0.2) is 5.76 Å². The van der Waals surface area contributed by atoms with Crippen molar-refractivity contribution in [2.24, 2.45) is 0 Å². The van der Waals surface area contributed by atoms with E-state index in [9.17, 15) is 9.90 Å². The van der Waals surface area contributed by atoms with Gasteiger partial charge in [0.05, 0.1) is 0 Å². The molecule has 0 radical (unpaired) electrons. The SMILES string of the molecule is Cc1noc(-c2ccc(O)cc2)c1NC(=O)O[C@H](C)c1ccccc1. The largest absolute Gasteiger partial charge is 0.508 e. The van der Waals surface area contributed by atoms with Gasteiger partial charge in [0, 0.05) is 5.56 Å². The quantitative estimate of drug-likeness (QED) is 0.722. The summed E-state index contributed by atoms with van der Waals surface area (Å²) < 4.78 is 10.7. The zero-order chi connectivity index (χ0) is 17.8. The highest BCUT2D eigenvalue weighted by molar-refractivity contribution is 5.90. The number of amides is 1. The number of aryl methyl sites for hydroxylation is 1. The molecule has 25 heavy (non-hydrogen) atoms. The number of nitrogens with zero attached hydrogens (tertiary/aromatic N) is 1. The van der Waals surface area contributed by atoms with Crippen molar-refractivity contribution in [1.29, 1.82) is 0 Å². The molecule has 0 unspecified atom stereocenters. The minimum absolute atomic E-state index is 0.144. The minimum Gasteiger partial charge on any atom is -0.508 e. The molecular weight excluding hydrogens is 320 g/mol. The summed E-state index contributed by atoms with van der Waals surface area (Å²) in [4.78, 5) is 12.2. The number of carbonyl (C=O) groups excluding carboxylic acids is 1. The van der Waals surface area contributed by atoms with Crippen molar-refractivity contribution < 1.29 is 19.2 Å². The molecular formula is C19H18N2O4. The Morgan fingerprint density at radius 3 is 2.52 bits per heavy atom. The van der Waals surface area contributed by atoms with Crippen molar-refractivity contribution in [2.45, 2.75) is 20.0 Å². The lowest BCUT2D eigenvalue weighted by molar-refractivity contribution is 0.121. The highest BCUT2D eigenvalue weighted by Crippen LogP contribution is 2.32. The van der Waals surface area contributed by atoms with Crippen LogP contribution >= 0.6 is 0 Å². The Balaban J connectivity index is 1.75. The lowest BCUT2D eigenvalue weighted by Crippen LogP contribution is -2.16. The van der Waals surface area contributed by atoms with Crippen molar-refractivity contribution in [2.75, 3.05) is 5.32 Å². The van der Waals surface area contributed by atoms with E-state index in [1.54, 1.807) is 26.0 Å². The van der Waals surface area contributed by atoms with E-state index in [2.05, 4.69) is 10.5 Å². The Hall–Kier alpha value is -3.28. The summed E-state index contributed by atoms with van der Waals surface area (Å²) in [5.41, 5.74) is 2.56. The molecule has 0 spiro atoms. The van der Waals surface area contributed by atoms with Gasteiger partial charge < -0.3 is 14.4 Å². The zero-order valence-corrected chi connectivity index (χ0v) is 13.9. The fourth-order valence-corrected chi connectivity index (χ4v) is 2.41. The number of ether oxygens (including phenoxy) is 1. The van der Waals surface area contributed by atoms with Crippen molar-refractivity contribution in [3.05, 3.63) is 65.9 Å². The van der Waals surface area contributed by atoms with Crippen LogP contribution in [0.3, 0.4) is 0 Å². The fourth-order valence-electron chi connectivity index (χ4n) is 2.41. The molecule has 0 aliphatic rings. The molecule has 128 valence electrons. The van der Waals surface area contributed by atoms with E-state index in [0.717, 1.165) is 5.56 Å². The van der Waals surface area contributed by atoms with Gasteiger partial charge in [0.25, 0.3) is 0 Å². The molecule has 3 aromatic rings. The van der Waals surface area contributed by atoms with E-state index >= 15 is 0 Å². The van der Waals surface area contributed by atoms with E-state index in [-0.39, 0.29) is 5.75 Å². The molecule has 1 amide bonds. The minimum atomic E-state index is -0.595. The predicted octanol–water partition coefficient (Wildman–Crippen LogP) is 4.67. The molecule has 0 aliphatic carbocycles. The maximum absolute atomic E-state index is 12.2. The third-order valence-electron chi connectivity index (χ3n) is 3.77. The summed E-state index contributed by atoms with van der Waals surface area (Å²) in [5.74, 6) is 0.549. The average Bonchev–Trinajstić information content (AvgIpc) is 2.97. The van der Waals surface area contributed by atoms with Crippen molar-refractivity contribution in [3.63, 3.8) is 0 Å². The highest BCUT2D eigenvalue weighted by atomic mass is 16.6. The Labute approximate surface area is 145 Å². The molecule has 1 atom stereocenters. The first-order valence-corrected chi connectivity index (χ1v) is 7.83. The molecule has 1 heterocycles. The van der Waals surface area contributed by atoms with Crippen molar-refractivity contribution in [1.82, 2.24) is 5.16 Å².